The summed E-state index contributed by atoms with van der Waals surface area (Å²) in [4.78, 5) is 36.6. The fourth-order valence-corrected chi connectivity index (χ4v) is 3.26. The Labute approximate surface area is 123 Å². The van der Waals surface area contributed by atoms with Gasteiger partial charge in [-0.15, -0.1) is 0 Å². The number of carbonyl (C=O) groups excluding carboxylic acids is 1. The normalized spacial score (nSPS) is 28.9. The predicted molar refractivity (Wildman–Crippen MR) is 73.7 cm³/mol. The lowest BCUT2D eigenvalue weighted by Gasteiger charge is -2.41. The molecule has 2 rings (SSSR count). The minimum absolute atomic E-state index is 0.00580. The van der Waals surface area contributed by atoms with Gasteiger partial charge in [-0.1, -0.05) is 6.92 Å². The van der Waals surface area contributed by atoms with Gasteiger partial charge in [-0.3, -0.25) is 14.4 Å². The van der Waals surface area contributed by atoms with Gasteiger partial charge in [0.05, 0.1) is 11.8 Å². The number of piperidine rings is 2. The standard InChI is InChI=1S/C14H22N2O5/c1-14(3-5-15-6-4-14)13(21)16-7-2-9(11(17)18)10(8-16)12(19)20/h9-10,15H,2-8H2,1H3,(H,17,18)(H,19,20). The molecule has 2 saturated heterocycles. The number of carbonyl (C=O) groups is 3. The highest BCUT2D eigenvalue weighted by Crippen LogP contribution is 2.33. The van der Waals surface area contributed by atoms with Crippen LogP contribution >= 0.6 is 0 Å². The first-order chi connectivity index (χ1) is 9.85. The van der Waals surface area contributed by atoms with Gasteiger partial charge in [0.2, 0.25) is 5.91 Å². The average Bonchev–Trinajstić information content (AvgIpc) is 2.46. The lowest BCUT2D eigenvalue weighted by molar-refractivity contribution is -0.161. The summed E-state index contributed by atoms with van der Waals surface area (Å²) in [5, 5.41) is 21.5. The van der Waals surface area contributed by atoms with Crippen LogP contribution in [0, 0.1) is 17.3 Å². The van der Waals surface area contributed by atoms with Gasteiger partial charge in [-0.05, 0) is 32.4 Å². The Bertz CT molecular complexity index is 445. The quantitative estimate of drug-likeness (QED) is 0.677. The number of amides is 1. The summed E-state index contributed by atoms with van der Waals surface area (Å²) in [7, 11) is 0. The van der Waals surface area contributed by atoms with Crippen molar-refractivity contribution in [1.29, 1.82) is 0 Å². The summed E-state index contributed by atoms with van der Waals surface area (Å²) in [5.74, 6) is -4.21. The third kappa shape index (κ3) is 3.18. The first-order valence-corrected chi connectivity index (χ1v) is 7.31. The molecule has 2 aliphatic heterocycles. The number of hydrogen-bond acceptors (Lipinski definition) is 4. The lowest BCUT2D eigenvalue weighted by atomic mass is 9.78. The number of carboxylic acids is 2. The summed E-state index contributed by atoms with van der Waals surface area (Å²) in [6.45, 7) is 3.78. The fraction of sp³-hybridized carbons (Fsp3) is 0.786. The van der Waals surface area contributed by atoms with Crippen molar-refractivity contribution < 1.29 is 24.6 Å². The predicted octanol–water partition coefficient (Wildman–Crippen LogP) is 0.0100. The van der Waals surface area contributed by atoms with E-state index in [0.29, 0.717) is 6.54 Å². The van der Waals surface area contributed by atoms with E-state index in [1.165, 1.54) is 0 Å². The van der Waals surface area contributed by atoms with Gasteiger partial charge in [-0.2, -0.15) is 0 Å². The monoisotopic (exact) mass is 298 g/mol. The Morgan fingerprint density at radius 1 is 1.10 bits per heavy atom. The molecule has 0 aromatic rings. The zero-order chi connectivity index (χ0) is 15.6. The van der Waals surface area contributed by atoms with Crippen molar-refractivity contribution in [2.45, 2.75) is 26.2 Å². The Morgan fingerprint density at radius 3 is 2.19 bits per heavy atom. The highest BCUT2D eigenvalue weighted by molar-refractivity contribution is 5.85. The Kier molecular flexibility index (Phi) is 4.51. The number of hydrogen-bond donors (Lipinski definition) is 3. The molecule has 2 unspecified atom stereocenters. The Hall–Kier alpha value is -1.63. The van der Waals surface area contributed by atoms with Crippen LogP contribution in [0.15, 0.2) is 0 Å². The van der Waals surface area contributed by atoms with E-state index in [2.05, 4.69) is 5.32 Å². The molecule has 2 aliphatic rings. The van der Waals surface area contributed by atoms with Crippen molar-refractivity contribution in [2.75, 3.05) is 26.2 Å². The van der Waals surface area contributed by atoms with Crippen molar-refractivity contribution in [3.8, 4) is 0 Å². The van der Waals surface area contributed by atoms with E-state index in [-0.39, 0.29) is 18.9 Å². The number of carboxylic acid groups (broad SMARTS) is 2. The van der Waals surface area contributed by atoms with Crippen molar-refractivity contribution >= 4 is 17.8 Å². The second kappa shape index (κ2) is 6.01. The molecule has 3 N–H and O–H groups in total. The van der Waals surface area contributed by atoms with Gasteiger partial charge in [0.25, 0.3) is 0 Å². The zero-order valence-corrected chi connectivity index (χ0v) is 12.2. The summed E-state index contributed by atoms with van der Waals surface area (Å²) < 4.78 is 0. The van der Waals surface area contributed by atoms with Crippen molar-refractivity contribution in [2.24, 2.45) is 17.3 Å². The van der Waals surface area contributed by atoms with E-state index in [4.69, 9.17) is 5.11 Å². The first kappa shape index (κ1) is 15.8. The van der Waals surface area contributed by atoms with E-state index in [0.717, 1.165) is 25.9 Å². The minimum Gasteiger partial charge on any atom is -0.481 e. The maximum Gasteiger partial charge on any atom is 0.309 e. The molecule has 0 spiro atoms. The van der Waals surface area contributed by atoms with E-state index in [1.54, 1.807) is 4.90 Å². The second-order valence-corrected chi connectivity index (χ2v) is 6.24. The van der Waals surface area contributed by atoms with Gasteiger partial charge in [0, 0.05) is 18.5 Å². The van der Waals surface area contributed by atoms with Crippen LogP contribution in [0.25, 0.3) is 0 Å². The molecule has 0 radical (unpaired) electrons. The van der Waals surface area contributed by atoms with Gasteiger partial charge in [0.1, 0.15) is 0 Å². The van der Waals surface area contributed by atoms with Crippen LogP contribution in [0.3, 0.4) is 0 Å². The third-order valence-electron chi connectivity index (χ3n) is 4.76. The van der Waals surface area contributed by atoms with Crippen LogP contribution in [0.5, 0.6) is 0 Å². The molecular weight excluding hydrogens is 276 g/mol. The number of rotatable bonds is 3. The number of nitrogens with one attached hydrogen (secondary N) is 1. The van der Waals surface area contributed by atoms with E-state index in [9.17, 15) is 19.5 Å². The molecule has 2 heterocycles. The van der Waals surface area contributed by atoms with Crippen LogP contribution in [0.4, 0.5) is 0 Å². The Morgan fingerprint density at radius 2 is 1.67 bits per heavy atom. The number of aliphatic carboxylic acids is 2. The maximum atomic E-state index is 12.7. The molecule has 0 aliphatic carbocycles. The first-order valence-electron chi connectivity index (χ1n) is 7.31. The highest BCUT2D eigenvalue weighted by atomic mass is 16.4. The van der Waals surface area contributed by atoms with Crippen LogP contribution in [-0.2, 0) is 14.4 Å². The summed E-state index contributed by atoms with van der Waals surface area (Å²) in [6.07, 6.45) is 1.65. The molecular formula is C14H22N2O5. The zero-order valence-electron chi connectivity index (χ0n) is 12.2. The van der Waals surface area contributed by atoms with Crippen molar-refractivity contribution in [3.05, 3.63) is 0 Å². The van der Waals surface area contributed by atoms with Gasteiger partial charge in [-0.25, -0.2) is 0 Å². The van der Waals surface area contributed by atoms with Crippen LogP contribution < -0.4 is 5.32 Å². The van der Waals surface area contributed by atoms with Gasteiger partial charge < -0.3 is 20.4 Å². The smallest absolute Gasteiger partial charge is 0.309 e. The molecule has 21 heavy (non-hydrogen) atoms. The molecule has 7 nitrogen and oxygen atoms in total. The number of likely N-dealkylation sites (tertiary alicyclic amines) is 1. The average molecular weight is 298 g/mol. The topological polar surface area (TPSA) is 107 Å². The highest BCUT2D eigenvalue weighted by Gasteiger charge is 2.44. The van der Waals surface area contributed by atoms with E-state index < -0.39 is 29.2 Å². The third-order valence-corrected chi connectivity index (χ3v) is 4.76. The summed E-state index contributed by atoms with van der Waals surface area (Å²) in [5.41, 5.74) is -0.468. The molecule has 0 aromatic heterocycles. The van der Waals surface area contributed by atoms with Crippen molar-refractivity contribution in [1.82, 2.24) is 10.2 Å². The molecule has 0 bridgehead atoms. The largest absolute Gasteiger partial charge is 0.481 e. The molecule has 0 saturated carbocycles. The molecule has 2 atom stereocenters. The second-order valence-electron chi connectivity index (χ2n) is 6.24. The van der Waals surface area contributed by atoms with Crippen molar-refractivity contribution in [3.63, 3.8) is 0 Å². The number of nitrogens with zero attached hydrogens (tertiary/aromatic N) is 1. The van der Waals surface area contributed by atoms with Crippen LogP contribution in [-0.4, -0.2) is 59.1 Å². The molecule has 1 amide bonds. The molecule has 2 fully saturated rings. The summed E-state index contributed by atoms with van der Waals surface area (Å²) in [6, 6.07) is 0. The molecule has 0 aromatic carbocycles. The SMILES string of the molecule is CC1(C(=O)N2CCC(C(=O)O)C(C(=O)O)C2)CCNCC1. The van der Waals surface area contributed by atoms with Crippen LogP contribution in [0.2, 0.25) is 0 Å². The van der Waals surface area contributed by atoms with Gasteiger partial charge >= 0.3 is 11.9 Å². The summed E-state index contributed by atoms with van der Waals surface area (Å²) >= 11 is 0. The maximum absolute atomic E-state index is 12.7. The van der Waals surface area contributed by atoms with Crippen LogP contribution in [0.1, 0.15) is 26.2 Å². The lowest BCUT2D eigenvalue weighted by Crippen LogP contribution is -2.54. The Balaban J connectivity index is 2.09. The minimum atomic E-state index is -1.14. The molecule has 118 valence electrons. The molecule has 7 heteroatoms. The van der Waals surface area contributed by atoms with E-state index in [1.807, 2.05) is 6.92 Å². The van der Waals surface area contributed by atoms with E-state index >= 15 is 0 Å². The van der Waals surface area contributed by atoms with Gasteiger partial charge in [0.15, 0.2) is 0 Å². The fourth-order valence-electron chi connectivity index (χ4n) is 3.26.